The summed E-state index contributed by atoms with van der Waals surface area (Å²) in [6.45, 7) is 2.07. The van der Waals surface area contributed by atoms with E-state index in [4.69, 9.17) is 12.2 Å². The van der Waals surface area contributed by atoms with Crippen LogP contribution in [0.25, 0.3) is 22.0 Å². The van der Waals surface area contributed by atoms with Crippen molar-refractivity contribution < 1.29 is 0 Å². The summed E-state index contributed by atoms with van der Waals surface area (Å²) in [4.78, 5) is 7.73. The zero-order valence-electron chi connectivity index (χ0n) is 10.7. The number of aryl methyl sites for hydroxylation is 1. The van der Waals surface area contributed by atoms with Gasteiger partial charge in [-0.15, -0.1) is 0 Å². The molecule has 0 aliphatic rings. The molecule has 0 bridgehead atoms. The van der Waals surface area contributed by atoms with Crippen molar-refractivity contribution in [2.45, 2.75) is 13.3 Å². The van der Waals surface area contributed by atoms with E-state index in [1.54, 1.807) is 0 Å². The van der Waals surface area contributed by atoms with Gasteiger partial charge >= 0.3 is 0 Å². The van der Waals surface area contributed by atoms with Crippen LogP contribution in [-0.4, -0.2) is 9.97 Å². The minimum Gasteiger partial charge on any atom is -0.343 e. The number of nitrogens with zero attached hydrogens (tertiary/aromatic N) is 1. The Morgan fingerprint density at radius 2 is 1.84 bits per heavy atom. The highest BCUT2D eigenvalue weighted by molar-refractivity contribution is 7.71. The third kappa shape index (κ3) is 2.29. The van der Waals surface area contributed by atoms with Crippen molar-refractivity contribution in [1.29, 1.82) is 0 Å². The molecule has 0 aliphatic heterocycles. The summed E-state index contributed by atoms with van der Waals surface area (Å²) in [6.07, 6.45) is 0.861. The van der Waals surface area contributed by atoms with Crippen molar-refractivity contribution in [1.82, 2.24) is 9.97 Å². The lowest BCUT2D eigenvalue weighted by molar-refractivity contribution is 0.955. The van der Waals surface area contributed by atoms with Crippen LogP contribution < -0.4 is 0 Å². The highest BCUT2D eigenvalue weighted by atomic mass is 32.1. The molecule has 0 spiro atoms. The summed E-state index contributed by atoms with van der Waals surface area (Å²) >= 11 is 5.39. The van der Waals surface area contributed by atoms with Gasteiger partial charge in [-0.05, 0) is 23.3 Å². The molecule has 0 unspecified atom stereocenters. The van der Waals surface area contributed by atoms with Crippen molar-refractivity contribution in [3.8, 4) is 11.1 Å². The maximum atomic E-state index is 5.39. The van der Waals surface area contributed by atoms with Crippen LogP contribution >= 0.6 is 12.2 Å². The minimum atomic E-state index is 0.670. The van der Waals surface area contributed by atoms with Crippen molar-refractivity contribution in [2.24, 2.45) is 0 Å². The van der Waals surface area contributed by atoms with Gasteiger partial charge in [0.1, 0.15) is 10.5 Å². The second-order valence-electron chi connectivity index (χ2n) is 4.47. The average molecular weight is 266 g/mol. The maximum absolute atomic E-state index is 5.39. The van der Waals surface area contributed by atoms with Crippen LogP contribution in [0.1, 0.15) is 12.7 Å². The first-order valence-corrected chi connectivity index (χ1v) is 6.77. The van der Waals surface area contributed by atoms with Crippen LogP contribution in [0.4, 0.5) is 0 Å². The summed E-state index contributed by atoms with van der Waals surface area (Å²) in [6, 6.07) is 16.6. The van der Waals surface area contributed by atoms with Gasteiger partial charge in [0, 0.05) is 17.3 Å². The predicted molar refractivity (Wildman–Crippen MR) is 81.7 cm³/mol. The number of fused-ring (bicyclic) bond motifs is 1. The normalized spacial score (nSPS) is 10.8. The Bertz CT molecular complexity index is 776. The van der Waals surface area contributed by atoms with Gasteiger partial charge in [0.15, 0.2) is 0 Å². The van der Waals surface area contributed by atoms with Gasteiger partial charge in [-0.3, -0.25) is 0 Å². The maximum Gasteiger partial charge on any atom is 0.137 e. The Morgan fingerprint density at radius 3 is 2.58 bits per heavy atom. The summed E-state index contributed by atoms with van der Waals surface area (Å²) in [5.41, 5.74) is 3.41. The van der Waals surface area contributed by atoms with E-state index < -0.39 is 0 Å². The molecule has 1 N–H and O–H groups in total. The van der Waals surface area contributed by atoms with Crippen LogP contribution in [0.2, 0.25) is 0 Å². The fourth-order valence-corrected chi connectivity index (χ4v) is 2.45. The Labute approximate surface area is 117 Å². The molecule has 2 nitrogen and oxygen atoms in total. The fraction of sp³-hybridized carbons (Fsp3) is 0.125. The zero-order chi connectivity index (χ0) is 13.2. The summed E-state index contributed by atoms with van der Waals surface area (Å²) < 4.78 is 0.670. The van der Waals surface area contributed by atoms with E-state index in [-0.39, 0.29) is 0 Å². The van der Waals surface area contributed by atoms with E-state index in [0.29, 0.717) is 4.64 Å². The lowest BCUT2D eigenvalue weighted by Crippen LogP contribution is -1.94. The molecular formula is C16H14N2S. The Hall–Kier alpha value is -2.00. The molecule has 3 aromatic rings. The highest BCUT2D eigenvalue weighted by Crippen LogP contribution is 2.23. The number of aromatic amines is 1. The van der Waals surface area contributed by atoms with Gasteiger partial charge in [0.05, 0.1) is 0 Å². The SMILES string of the molecule is CCc1nc(=S)c2cc(-c3ccccc3)ccc2[nH]1. The van der Waals surface area contributed by atoms with E-state index in [1.165, 1.54) is 11.1 Å². The molecule has 0 aliphatic carbocycles. The molecule has 3 heteroatoms. The van der Waals surface area contributed by atoms with Gasteiger partial charge in [0.25, 0.3) is 0 Å². The number of nitrogens with one attached hydrogen (secondary N) is 1. The molecule has 0 amide bonds. The molecule has 19 heavy (non-hydrogen) atoms. The summed E-state index contributed by atoms with van der Waals surface area (Å²) in [5.74, 6) is 0.935. The molecule has 0 saturated heterocycles. The van der Waals surface area contributed by atoms with Gasteiger partial charge < -0.3 is 4.98 Å². The third-order valence-electron chi connectivity index (χ3n) is 3.21. The Kier molecular flexibility index (Phi) is 3.13. The van der Waals surface area contributed by atoms with Gasteiger partial charge in [-0.2, -0.15) is 0 Å². The number of rotatable bonds is 2. The van der Waals surface area contributed by atoms with Crippen LogP contribution in [0.3, 0.4) is 0 Å². The molecule has 1 heterocycles. The quantitative estimate of drug-likeness (QED) is 0.691. The summed E-state index contributed by atoms with van der Waals surface area (Å²) in [5, 5.41) is 1.01. The summed E-state index contributed by atoms with van der Waals surface area (Å²) in [7, 11) is 0. The first kappa shape index (κ1) is 12.1. The Morgan fingerprint density at radius 1 is 1.05 bits per heavy atom. The molecule has 0 atom stereocenters. The molecule has 0 fully saturated rings. The smallest absolute Gasteiger partial charge is 0.137 e. The van der Waals surface area contributed by atoms with Crippen LogP contribution in [0.5, 0.6) is 0 Å². The lowest BCUT2D eigenvalue weighted by atomic mass is 10.0. The average Bonchev–Trinajstić information content (AvgIpc) is 2.47. The number of H-pyrrole nitrogens is 1. The fourth-order valence-electron chi connectivity index (χ4n) is 2.17. The molecule has 0 radical (unpaired) electrons. The van der Waals surface area contributed by atoms with Crippen molar-refractivity contribution in [3.63, 3.8) is 0 Å². The van der Waals surface area contributed by atoms with E-state index in [0.717, 1.165) is 23.1 Å². The Balaban J connectivity index is 2.22. The van der Waals surface area contributed by atoms with E-state index in [2.05, 4.69) is 47.2 Å². The van der Waals surface area contributed by atoms with Crippen molar-refractivity contribution >= 4 is 23.1 Å². The number of aromatic nitrogens is 2. The predicted octanol–water partition coefficient (Wildman–Crippen LogP) is 4.52. The standard InChI is InChI=1S/C16H14N2S/c1-2-15-17-14-9-8-12(10-13(14)16(19)18-15)11-6-4-3-5-7-11/h3-10H,2H2,1H3,(H,17,18,19). The minimum absolute atomic E-state index is 0.670. The van der Waals surface area contributed by atoms with E-state index in [1.807, 2.05) is 18.2 Å². The topological polar surface area (TPSA) is 28.7 Å². The van der Waals surface area contributed by atoms with Crippen molar-refractivity contribution in [2.75, 3.05) is 0 Å². The molecule has 3 rings (SSSR count). The first-order chi connectivity index (χ1) is 9.28. The second kappa shape index (κ2) is 4.94. The molecule has 1 aromatic heterocycles. The van der Waals surface area contributed by atoms with Crippen LogP contribution in [-0.2, 0) is 6.42 Å². The monoisotopic (exact) mass is 266 g/mol. The van der Waals surface area contributed by atoms with Gasteiger partial charge in [-0.25, -0.2) is 4.98 Å². The van der Waals surface area contributed by atoms with E-state index in [9.17, 15) is 0 Å². The number of hydrogen-bond acceptors (Lipinski definition) is 2. The molecular weight excluding hydrogens is 252 g/mol. The number of hydrogen-bond donors (Lipinski definition) is 1. The molecule has 94 valence electrons. The van der Waals surface area contributed by atoms with Crippen LogP contribution in [0.15, 0.2) is 48.5 Å². The lowest BCUT2D eigenvalue weighted by Gasteiger charge is -2.06. The van der Waals surface area contributed by atoms with Gasteiger partial charge in [-0.1, -0.05) is 55.5 Å². The molecule has 2 aromatic carbocycles. The molecule has 0 saturated carbocycles. The first-order valence-electron chi connectivity index (χ1n) is 6.36. The van der Waals surface area contributed by atoms with Gasteiger partial charge in [0.2, 0.25) is 0 Å². The largest absolute Gasteiger partial charge is 0.343 e. The van der Waals surface area contributed by atoms with Crippen molar-refractivity contribution in [3.05, 3.63) is 59.0 Å². The van der Waals surface area contributed by atoms with Crippen LogP contribution in [0, 0.1) is 4.64 Å². The number of benzene rings is 2. The third-order valence-corrected chi connectivity index (χ3v) is 3.52. The second-order valence-corrected chi connectivity index (χ2v) is 4.86. The highest BCUT2D eigenvalue weighted by Gasteiger charge is 2.03. The van der Waals surface area contributed by atoms with E-state index >= 15 is 0 Å². The zero-order valence-corrected chi connectivity index (χ0v) is 11.5.